The van der Waals surface area contributed by atoms with Crippen LogP contribution in [0, 0.1) is 5.92 Å². The lowest BCUT2D eigenvalue weighted by molar-refractivity contribution is 0.537. The highest BCUT2D eigenvalue weighted by molar-refractivity contribution is 6.30. The molecule has 2 saturated carbocycles. The van der Waals surface area contributed by atoms with Crippen molar-refractivity contribution in [1.82, 2.24) is 5.32 Å². The van der Waals surface area contributed by atoms with Crippen molar-refractivity contribution in [2.45, 2.75) is 44.1 Å². The molecule has 1 nitrogen and oxygen atoms in total. The Morgan fingerprint density at radius 3 is 2.88 bits per heavy atom. The van der Waals surface area contributed by atoms with Gasteiger partial charge in [0, 0.05) is 11.1 Å². The molecule has 2 heteroatoms. The summed E-state index contributed by atoms with van der Waals surface area (Å²) in [7, 11) is 0. The lowest BCUT2D eigenvalue weighted by Gasteiger charge is -2.16. The molecule has 0 aromatic heterocycles. The first kappa shape index (κ1) is 11.6. The maximum absolute atomic E-state index is 6.11. The van der Waals surface area contributed by atoms with Crippen LogP contribution in [0.1, 0.15) is 38.2 Å². The molecule has 0 radical (unpaired) electrons. The average molecular weight is 250 g/mol. The SMILES string of the molecule is CCC1(c2cccc(Cl)c2)CC1CNC1CC1. The molecule has 3 rings (SSSR count). The Balaban J connectivity index is 1.70. The first-order valence-electron chi connectivity index (χ1n) is 6.74. The quantitative estimate of drug-likeness (QED) is 0.838. The second-order valence-corrected chi connectivity index (χ2v) is 6.04. The minimum Gasteiger partial charge on any atom is -0.314 e. The highest BCUT2D eigenvalue weighted by atomic mass is 35.5. The van der Waals surface area contributed by atoms with E-state index in [4.69, 9.17) is 11.6 Å². The van der Waals surface area contributed by atoms with Crippen molar-refractivity contribution in [2.75, 3.05) is 6.54 Å². The Hall–Kier alpha value is -0.530. The minimum atomic E-state index is 0.410. The molecule has 0 spiro atoms. The van der Waals surface area contributed by atoms with Gasteiger partial charge in [0.2, 0.25) is 0 Å². The normalized spacial score (nSPS) is 31.5. The van der Waals surface area contributed by atoms with Crippen LogP contribution in [0.15, 0.2) is 24.3 Å². The number of benzene rings is 1. The van der Waals surface area contributed by atoms with E-state index in [2.05, 4.69) is 30.4 Å². The Morgan fingerprint density at radius 1 is 1.41 bits per heavy atom. The third kappa shape index (κ3) is 2.23. The maximum atomic E-state index is 6.11. The Morgan fingerprint density at radius 2 is 2.24 bits per heavy atom. The zero-order valence-corrected chi connectivity index (χ0v) is 11.1. The van der Waals surface area contributed by atoms with Gasteiger partial charge in [-0.2, -0.15) is 0 Å². The molecule has 17 heavy (non-hydrogen) atoms. The van der Waals surface area contributed by atoms with Crippen LogP contribution in [0.5, 0.6) is 0 Å². The van der Waals surface area contributed by atoms with Gasteiger partial charge in [0.15, 0.2) is 0 Å². The molecule has 2 fully saturated rings. The van der Waals surface area contributed by atoms with Gasteiger partial charge in [-0.1, -0.05) is 30.7 Å². The van der Waals surface area contributed by atoms with Gasteiger partial charge < -0.3 is 5.32 Å². The molecular formula is C15H20ClN. The van der Waals surface area contributed by atoms with E-state index >= 15 is 0 Å². The molecule has 92 valence electrons. The summed E-state index contributed by atoms with van der Waals surface area (Å²) in [5, 5.41) is 4.53. The van der Waals surface area contributed by atoms with Crippen molar-refractivity contribution in [3.63, 3.8) is 0 Å². The second-order valence-electron chi connectivity index (χ2n) is 5.60. The van der Waals surface area contributed by atoms with Crippen molar-refractivity contribution in [3.05, 3.63) is 34.9 Å². The standard InChI is InChI=1S/C15H20ClN/c1-2-15(11-4-3-5-13(16)8-11)9-12(15)10-17-14-6-7-14/h3-5,8,12,14,17H,2,6-7,9-10H2,1H3. The van der Waals surface area contributed by atoms with Crippen LogP contribution >= 0.6 is 11.6 Å². The van der Waals surface area contributed by atoms with E-state index < -0.39 is 0 Å². The fourth-order valence-electron chi connectivity index (χ4n) is 3.03. The first-order chi connectivity index (χ1) is 8.24. The third-order valence-corrected chi connectivity index (χ3v) is 4.73. The summed E-state index contributed by atoms with van der Waals surface area (Å²) >= 11 is 6.11. The molecule has 2 aliphatic carbocycles. The van der Waals surface area contributed by atoms with Crippen LogP contribution in [0.2, 0.25) is 5.02 Å². The molecule has 0 saturated heterocycles. The average Bonchev–Trinajstić information content (AvgIpc) is 3.22. The molecule has 0 heterocycles. The minimum absolute atomic E-state index is 0.410. The molecule has 1 N–H and O–H groups in total. The summed E-state index contributed by atoms with van der Waals surface area (Å²) in [4.78, 5) is 0. The van der Waals surface area contributed by atoms with Gasteiger partial charge >= 0.3 is 0 Å². The lowest BCUT2D eigenvalue weighted by Crippen LogP contribution is -2.23. The molecule has 2 unspecified atom stereocenters. The monoisotopic (exact) mass is 249 g/mol. The summed E-state index contributed by atoms with van der Waals surface area (Å²) in [6, 6.07) is 9.27. The Labute approximate surface area is 109 Å². The fourth-order valence-corrected chi connectivity index (χ4v) is 3.22. The van der Waals surface area contributed by atoms with Crippen molar-refractivity contribution in [2.24, 2.45) is 5.92 Å². The zero-order chi connectivity index (χ0) is 11.9. The van der Waals surface area contributed by atoms with Gasteiger partial charge in [-0.05, 0) is 61.3 Å². The fraction of sp³-hybridized carbons (Fsp3) is 0.600. The topological polar surface area (TPSA) is 12.0 Å². The predicted octanol–water partition coefficient (Wildman–Crippen LogP) is 3.76. The van der Waals surface area contributed by atoms with Gasteiger partial charge in [0.1, 0.15) is 0 Å². The molecule has 0 bridgehead atoms. The molecule has 0 amide bonds. The van der Waals surface area contributed by atoms with E-state index in [9.17, 15) is 0 Å². The van der Waals surface area contributed by atoms with Crippen LogP contribution in [0.25, 0.3) is 0 Å². The van der Waals surface area contributed by atoms with Gasteiger partial charge in [0.05, 0.1) is 0 Å². The van der Waals surface area contributed by atoms with Gasteiger partial charge in [-0.25, -0.2) is 0 Å². The number of halogens is 1. The van der Waals surface area contributed by atoms with Gasteiger partial charge in [-0.15, -0.1) is 0 Å². The smallest absolute Gasteiger partial charge is 0.0408 e. The van der Waals surface area contributed by atoms with E-state index in [0.29, 0.717) is 5.41 Å². The molecule has 1 aromatic carbocycles. The third-order valence-electron chi connectivity index (χ3n) is 4.49. The first-order valence-corrected chi connectivity index (χ1v) is 7.12. The van der Waals surface area contributed by atoms with Crippen LogP contribution < -0.4 is 5.32 Å². The largest absolute Gasteiger partial charge is 0.314 e. The predicted molar refractivity (Wildman–Crippen MR) is 72.6 cm³/mol. The summed E-state index contributed by atoms with van der Waals surface area (Å²) in [6.45, 7) is 3.49. The number of hydrogen-bond donors (Lipinski definition) is 1. The summed E-state index contributed by atoms with van der Waals surface area (Å²) in [6.07, 6.45) is 5.31. The van der Waals surface area contributed by atoms with Gasteiger partial charge in [-0.3, -0.25) is 0 Å². The van der Waals surface area contributed by atoms with E-state index in [1.54, 1.807) is 0 Å². The molecule has 2 aliphatic rings. The summed E-state index contributed by atoms with van der Waals surface area (Å²) in [5.74, 6) is 0.812. The summed E-state index contributed by atoms with van der Waals surface area (Å²) < 4.78 is 0. The summed E-state index contributed by atoms with van der Waals surface area (Å²) in [5.41, 5.74) is 1.85. The number of nitrogens with one attached hydrogen (secondary N) is 1. The Bertz CT molecular complexity index is 413. The van der Waals surface area contributed by atoms with E-state index in [1.165, 1.54) is 37.8 Å². The van der Waals surface area contributed by atoms with Crippen molar-refractivity contribution in [3.8, 4) is 0 Å². The maximum Gasteiger partial charge on any atom is 0.0408 e. The van der Waals surface area contributed by atoms with Crippen LogP contribution in [0.3, 0.4) is 0 Å². The van der Waals surface area contributed by atoms with E-state index in [-0.39, 0.29) is 0 Å². The number of hydrogen-bond acceptors (Lipinski definition) is 1. The van der Waals surface area contributed by atoms with Gasteiger partial charge in [0.25, 0.3) is 0 Å². The van der Waals surface area contributed by atoms with E-state index in [1.807, 2.05) is 6.07 Å². The zero-order valence-electron chi connectivity index (χ0n) is 10.4. The second kappa shape index (κ2) is 4.29. The molecule has 0 aliphatic heterocycles. The van der Waals surface area contributed by atoms with Crippen LogP contribution in [0.4, 0.5) is 0 Å². The highest BCUT2D eigenvalue weighted by Crippen LogP contribution is 2.56. The van der Waals surface area contributed by atoms with Crippen LogP contribution in [-0.2, 0) is 5.41 Å². The lowest BCUT2D eigenvalue weighted by atomic mass is 9.90. The molecule has 2 atom stereocenters. The van der Waals surface area contributed by atoms with Crippen molar-refractivity contribution in [1.29, 1.82) is 0 Å². The Kier molecular flexibility index (Phi) is 2.92. The van der Waals surface area contributed by atoms with Crippen LogP contribution in [-0.4, -0.2) is 12.6 Å². The highest BCUT2D eigenvalue weighted by Gasteiger charge is 2.53. The van der Waals surface area contributed by atoms with E-state index in [0.717, 1.165) is 17.0 Å². The molecule has 1 aromatic rings. The van der Waals surface area contributed by atoms with Crippen molar-refractivity contribution >= 4 is 11.6 Å². The number of rotatable bonds is 5. The van der Waals surface area contributed by atoms with Crippen molar-refractivity contribution < 1.29 is 0 Å². The molecular weight excluding hydrogens is 230 g/mol.